The average Bonchev–Trinajstić information content (AvgIpc) is 2.73. The fraction of sp³-hybridized carbons (Fsp3) is 0.357. The number of benzene rings is 1. The summed E-state index contributed by atoms with van der Waals surface area (Å²) in [7, 11) is 0. The molecule has 1 N–H and O–H groups in total. The quantitative estimate of drug-likeness (QED) is 0.930. The summed E-state index contributed by atoms with van der Waals surface area (Å²) in [4.78, 5) is 10.6. The van der Waals surface area contributed by atoms with E-state index in [0.29, 0.717) is 17.5 Å². The first-order valence-electron chi connectivity index (χ1n) is 6.24. The predicted octanol–water partition coefficient (Wildman–Crippen LogP) is 3.70. The van der Waals surface area contributed by atoms with Gasteiger partial charge < -0.3 is 9.67 Å². The number of rotatable bonds is 4. The third kappa shape index (κ3) is 2.64. The third-order valence-electron chi connectivity index (χ3n) is 3.24. The van der Waals surface area contributed by atoms with E-state index in [9.17, 15) is 18.0 Å². The lowest BCUT2D eigenvalue weighted by Gasteiger charge is -2.11. The van der Waals surface area contributed by atoms with E-state index in [-0.39, 0.29) is 18.4 Å². The Kier molecular flexibility index (Phi) is 3.74. The molecule has 3 nitrogen and oxygen atoms in total. The molecule has 0 unspecified atom stereocenters. The highest BCUT2D eigenvalue weighted by Crippen LogP contribution is 2.36. The van der Waals surface area contributed by atoms with E-state index in [2.05, 4.69) is 0 Å². The molecule has 0 amide bonds. The van der Waals surface area contributed by atoms with Crippen molar-refractivity contribution in [3.63, 3.8) is 0 Å². The molecule has 0 bridgehead atoms. The number of alkyl halides is 3. The molecule has 0 fully saturated rings. The van der Waals surface area contributed by atoms with Gasteiger partial charge in [-0.25, -0.2) is 0 Å². The Labute approximate surface area is 113 Å². The van der Waals surface area contributed by atoms with Crippen LogP contribution in [0.15, 0.2) is 24.4 Å². The molecule has 108 valence electrons. The van der Waals surface area contributed by atoms with E-state index in [1.807, 2.05) is 0 Å². The van der Waals surface area contributed by atoms with Crippen LogP contribution in [0, 0.1) is 0 Å². The van der Waals surface area contributed by atoms with Crippen LogP contribution >= 0.6 is 0 Å². The second-order valence-electron chi connectivity index (χ2n) is 4.53. The number of nitrogens with zero attached hydrogens (tertiary/aromatic N) is 1. The average molecular weight is 285 g/mol. The monoisotopic (exact) mass is 285 g/mol. The molecule has 20 heavy (non-hydrogen) atoms. The van der Waals surface area contributed by atoms with E-state index < -0.39 is 17.7 Å². The Balaban J connectivity index is 2.61. The first kappa shape index (κ1) is 14.4. The molecule has 1 aromatic carbocycles. The molecule has 2 aromatic rings. The smallest absolute Gasteiger partial charge is 0.418 e. The Morgan fingerprint density at radius 1 is 1.35 bits per heavy atom. The van der Waals surface area contributed by atoms with Gasteiger partial charge in [0, 0.05) is 24.5 Å². The molecule has 0 aliphatic heterocycles. The molecule has 0 saturated carbocycles. The van der Waals surface area contributed by atoms with Crippen molar-refractivity contribution in [3.05, 3.63) is 35.5 Å². The first-order valence-corrected chi connectivity index (χ1v) is 6.24. The van der Waals surface area contributed by atoms with Gasteiger partial charge in [-0.1, -0.05) is 12.1 Å². The lowest BCUT2D eigenvalue weighted by atomic mass is 10.1. The number of halogens is 3. The van der Waals surface area contributed by atoms with Gasteiger partial charge in [-0.2, -0.15) is 13.2 Å². The van der Waals surface area contributed by atoms with Crippen molar-refractivity contribution < 1.29 is 23.1 Å². The van der Waals surface area contributed by atoms with Gasteiger partial charge in [0.25, 0.3) is 0 Å². The molecule has 1 aromatic heterocycles. The van der Waals surface area contributed by atoms with Gasteiger partial charge in [0.2, 0.25) is 0 Å². The fourth-order valence-corrected chi connectivity index (χ4v) is 2.35. The fourth-order valence-electron chi connectivity index (χ4n) is 2.35. The van der Waals surface area contributed by atoms with Crippen LogP contribution in [-0.2, 0) is 23.9 Å². The summed E-state index contributed by atoms with van der Waals surface area (Å²) in [6.07, 6.45) is -2.68. The number of carboxylic acids is 1. The molecular weight excluding hydrogens is 271 g/mol. The van der Waals surface area contributed by atoms with Gasteiger partial charge in [-0.15, -0.1) is 0 Å². The minimum atomic E-state index is -4.42. The number of carbonyl (C=O) groups is 1. The predicted molar refractivity (Wildman–Crippen MR) is 68.6 cm³/mol. The lowest BCUT2D eigenvalue weighted by Crippen LogP contribution is -2.08. The van der Waals surface area contributed by atoms with Crippen LogP contribution in [0.3, 0.4) is 0 Å². The van der Waals surface area contributed by atoms with Gasteiger partial charge in [-0.3, -0.25) is 4.79 Å². The zero-order valence-electron chi connectivity index (χ0n) is 10.9. The van der Waals surface area contributed by atoms with Crippen molar-refractivity contribution in [1.82, 2.24) is 4.57 Å². The van der Waals surface area contributed by atoms with Crippen LogP contribution in [-0.4, -0.2) is 15.6 Å². The Morgan fingerprint density at radius 2 is 2.05 bits per heavy atom. The summed E-state index contributed by atoms with van der Waals surface area (Å²) in [5.41, 5.74) is 0.0802. The first-order chi connectivity index (χ1) is 9.34. The number of para-hydroxylation sites is 1. The maximum Gasteiger partial charge on any atom is 0.418 e. The summed E-state index contributed by atoms with van der Waals surface area (Å²) in [6.45, 7) is 2.16. The number of hydrogen-bond donors (Lipinski definition) is 1. The van der Waals surface area contributed by atoms with Crippen molar-refractivity contribution in [3.8, 4) is 0 Å². The minimum Gasteiger partial charge on any atom is -0.481 e. The van der Waals surface area contributed by atoms with Crippen molar-refractivity contribution >= 4 is 16.9 Å². The molecule has 6 heteroatoms. The van der Waals surface area contributed by atoms with Gasteiger partial charge in [-0.05, 0) is 25.0 Å². The van der Waals surface area contributed by atoms with Crippen molar-refractivity contribution in [2.75, 3.05) is 0 Å². The highest BCUT2D eigenvalue weighted by molar-refractivity contribution is 5.87. The van der Waals surface area contributed by atoms with E-state index in [0.717, 1.165) is 6.07 Å². The molecule has 1 heterocycles. The lowest BCUT2D eigenvalue weighted by molar-refractivity contribution is -0.137. The number of aromatic nitrogens is 1. The zero-order chi connectivity index (χ0) is 14.9. The highest BCUT2D eigenvalue weighted by atomic mass is 19.4. The van der Waals surface area contributed by atoms with Crippen molar-refractivity contribution in [2.24, 2.45) is 0 Å². The molecule has 0 aliphatic carbocycles. The summed E-state index contributed by atoms with van der Waals surface area (Å²) in [5.74, 6) is -0.964. The van der Waals surface area contributed by atoms with Gasteiger partial charge in [0.05, 0.1) is 11.1 Å². The van der Waals surface area contributed by atoms with E-state index in [1.54, 1.807) is 19.2 Å². The number of aliphatic carboxylic acids is 1. The second kappa shape index (κ2) is 5.19. The standard InChI is InChI=1S/C14H14F3NO2/c1-2-18-8-9(6-7-12(19)20)10-4-3-5-11(13(10)18)14(15,16)17/h3-5,8H,2,6-7H2,1H3,(H,19,20). The van der Waals surface area contributed by atoms with Crippen LogP contribution in [0.2, 0.25) is 0 Å². The van der Waals surface area contributed by atoms with Gasteiger partial charge >= 0.3 is 12.1 Å². The maximum atomic E-state index is 13.1. The van der Waals surface area contributed by atoms with Crippen LogP contribution in [0.1, 0.15) is 24.5 Å². The largest absolute Gasteiger partial charge is 0.481 e. The Bertz CT molecular complexity index is 644. The third-order valence-corrected chi connectivity index (χ3v) is 3.24. The summed E-state index contributed by atoms with van der Waals surface area (Å²) in [6, 6.07) is 4.01. The number of carboxylic acid groups (broad SMARTS) is 1. The van der Waals surface area contributed by atoms with Crippen molar-refractivity contribution in [2.45, 2.75) is 32.5 Å². The summed E-state index contributed by atoms with van der Waals surface area (Å²) in [5, 5.41) is 9.18. The molecular formula is C14H14F3NO2. The van der Waals surface area contributed by atoms with Crippen LogP contribution in [0.5, 0.6) is 0 Å². The topological polar surface area (TPSA) is 42.2 Å². The SMILES string of the molecule is CCn1cc(CCC(=O)O)c2cccc(C(F)(F)F)c21. The molecule has 2 rings (SSSR count). The molecule has 0 saturated heterocycles. The van der Waals surface area contributed by atoms with Crippen LogP contribution < -0.4 is 0 Å². The summed E-state index contributed by atoms with van der Waals surface area (Å²) < 4.78 is 40.7. The maximum absolute atomic E-state index is 13.1. The van der Waals surface area contributed by atoms with Crippen LogP contribution in [0.25, 0.3) is 10.9 Å². The Hall–Kier alpha value is -1.98. The Morgan fingerprint density at radius 3 is 2.60 bits per heavy atom. The number of aryl methyl sites for hydroxylation is 2. The van der Waals surface area contributed by atoms with E-state index in [4.69, 9.17) is 5.11 Å². The minimum absolute atomic E-state index is 0.0981. The molecule has 0 atom stereocenters. The normalized spacial score (nSPS) is 12.0. The molecule has 0 aliphatic rings. The molecule has 0 spiro atoms. The van der Waals surface area contributed by atoms with Gasteiger partial charge in [0.15, 0.2) is 0 Å². The second-order valence-corrected chi connectivity index (χ2v) is 4.53. The van der Waals surface area contributed by atoms with Crippen molar-refractivity contribution in [1.29, 1.82) is 0 Å². The van der Waals surface area contributed by atoms with E-state index >= 15 is 0 Å². The van der Waals surface area contributed by atoms with Gasteiger partial charge in [0.1, 0.15) is 0 Å². The van der Waals surface area contributed by atoms with Crippen LogP contribution in [0.4, 0.5) is 13.2 Å². The van der Waals surface area contributed by atoms with E-state index in [1.165, 1.54) is 10.6 Å². The highest BCUT2D eigenvalue weighted by Gasteiger charge is 2.34. The molecule has 0 radical (unpaired) electrons. The number of fused-ring (bicyclic) bond motifs is 1. The summed E-state index contributed by atoms with van der Waals surface area (Å²) >= 11 is 0. The number of hydrogen-bond acceptors (Lipinski definition) is 1. The zero-order valence-corrected chi connectivity index (χ0v) is 10.9.